The maximum Gasteiger partial charge on any atom is 0.242 e. The van der Waals surface area contributed by atoms with E-state index >= 15 is 0 Å². The van der Waals surface area contributed by atoms with Crippen molar-refractivity contribution in [2.45, 2.75) is 45.1 Å². The summed E-state index contributed by atoms with van der Waals surface area (Å²) in [6, 6.07) is 12.4. The Morgan fingerprint density at radius 3 is 2.64 bits per heavy atom. The smallest absolute Gasteiger partial charge is 0.242 e. The minimum absolute atomic E-state index is 0.129. The molecule has 10 nitrogen and oxygen atoms in total. The molecule has 0 radical (unpaired) electrons. The van der Waals surface area contributed by atoms with Crippen LogP contribution in [0.1, 0.15) is 32.8 Å². The molecular formula is C28H38N6O4S. The Hall–Kier alpha value is -3.41. The van der Waals surface area contributed by atoms with Crippen molar-refractivity contribution in [1.82, 2.24) is 19.6 Å². The van der Waals surface area contributed by atoms with Crippen molar-refractivity contribution in [3.8, 4) is 11.5 Å². The van der Waals surface area contributed by atoms with Gasteiger partial charge in [-0.1, -0.05) is 32.9 Å². The van der Waals surface area contributed by atoms with Gasteiger partial charge in [-0.3, -0.25) is 4.90 Å². The van der Waals surface area contributed by atoms with Gasteiger partial charge in [0.25, 0.3) is 0 Å². The zero-order valence-corrected chi connectivity index (χ0v) is 24.0. The Labute approximate surface area is 231 Å². The lowest BCUT2D eigenvalue weighted by Gasteiger charge is -2.19. The summed E-state index contributed by atoms with van der Waals surface area (Å²) in [5, 5.41) is 6.42. The Bertz CT molecular complexity index is 1380. The van der Waals surface area contributed by atoms with Crippen LogP contribution in [-0.2, 0) is 10.0 Å². The van der Waals surface area contributed by atoms with E-state index in [1.165, 1.54) is 13.1 Å². The van der Waals surface area contributed by atoms with Crippen LogP contribution in [0.4, 0.5) is 23.1 Å². The molecule has 1 unspecified atom stereocenters. The zero-order chi connectivity index (χ0) is 28.0. The molecule has 3 aromatic rings. The minimum Gasteiger partial charge on any atom is -0.491 e. The molecule has 1 aliphatic rings. The highest BCUT2D eigenvalue weighted by Gasteiger charge is 2.23. The number of likely N-dealkylation sites (N-methyl/N-ethyl adjacent to an activating group) is 1. The highest BCUT2D eigenvalue weighted by Crippen LogP contribution is 2.33. The lowest BCUT2D eigenvalue weighted by atomic mass is 10.2. The van der Waals surface area contributed by atoms with Crippen LogP contribution in [-0.4, -0.2) is 62.7 Å². The van der Waals surface area contributed by atoms with Crippen molar-refractivity contribution in [2.75, 3.05) is 43.9 Å². The molecule has 0 amide bonds. The molecule has 2 aromatic carbocycles. The van der Waals surface area contributed by atoms with E-state index in [0.717, 1.165) is 37.4 Å². The number of ether oxygens (including phenoxy) is 2. The van der Waals surface area contributed by atoms with Gasteiger partial charge in [0.2, 0.25) is 16.0 Å². The largest absolute Gasteiger partial charge is 0.491 e. The summed E-state index contributed by atoms with van der Waals surface area (Å²) >= 11 is 0. The van der Waals surface area contributed by atoms with Gasteiger partial charge >= 0.3 is 0 Å². The monoisotopic (exact) mass is 554 g/mol. The second-order valence-corrected chi connectivity index (χ2v) is 11.8. The van der Waals surface area contributed by atoms with Crippen LogP contribution in [0.15, 0.2) is 53.6 Å². The van der Waals surface area contributed by atoms with Crippen LogP contribution in [0.2, 0.25) is 0 Å². The number of para-hydroxylation sites is 1. The molecule has 0 bridgehead atoms. The van der Waals surface area contributed by atoms with Gasteiger partial charge in [-0.15, -0.1) is 0 Å². The fourth-order valence-corrected chi connectivity index (χ4v) is 5.11. The molecule has 1 aromatic heterocycles. The van der Waals surface area contributed by atoms with Gasteiger partial charge in [0.15, 0.2) is 0 Å². The molecule has 1 aliphatic heterocycles. The predicted octanol–water partition coefficient (Wildman–Crippen LogP) is 4.69. The Morgan fingerprint density at radius 2 is 1.92 bits per heavy atom. The van der Waals surface area contributed by atoms with E-state index < -0.39 is 10.0 Å². The Kier molecular flexibility index (Phi) is 9.26. The first-order chi connectivity index (χ1) is 18.7. The highest BCUT2D eigenvalue weighted by atomic mass is 32.2. The van der Waals surface area contributed by atoms with Crippen molar-refractivity contribution in [2.24, 2.45) is 5.92 Å². The molecular weight excluding hydrogens is 516 g/mol. The van der Waals surface area contributed by atoms with Gasteiger partial charge in [0, 0.05) is 30.9 Å². The van der Waals surface area contributed by atoms with E-state index in [4.69, 9.17) is 9.47 Å². The van der Waals surface area contributed by atoms with Crippen molar-refractivity contribution in [3.05, 3.63) is 54.2 Å². The number of likely N-dealkylation sites (tertiary alicyclic amines) is 1. The lowest BCUT2D eigenvalue weighted by Crippen LogP contribution is -2.24. The third-order valence-electron chi connectivity index (χ3n) is 6.42. The van der Waals surface area contributed by atoms with Crippen molar-refractivity contribution in [1.29, 1.82) is 0 Å². The normalized spacial score (nSPS) is 15.9. The number of rotatable bonds is 12. The number of anilines is 4. The van der Waals surface area contributed by atoms with E-state index in [1.54, 1.807) is 24.4 Å². The van der Waals surface area contributed by atoms with Gasteiger partial charge in [-0.2, -0.15) is 4.98 Å². The van der Waals surface area contributed by atoms with E-state index in [9.17, 15) is 8.42 Å². The predicted molar refractivity (Wildman–Crippen MR) is 154 cm³/mol. The minimum atomic E-state index is -3.66. The lowest BCUT2D eigenvalue weighted by molar-refractivity contribution is 0.201. The SMILES string of the molecule is CCN1CCC(Oc2ccc(Nc3ncc(C)c(Nc4ccccc4S(=O)(=O)NC)n3)c(OCC(C)C)c2)C1. The van der Waals surface area contributed by atoms with E-state index in [0.29, 0.717) is 41.4 Å². The summed E-state index contributed by atoms with van der Waals surface area (Å²) in [5.74, 6) is 2.58. The number of hydrogen-bond donors (Lipinski definition) is 3. The van der Waals surface area contributed by atoms with E-state index in [-0.39, 0.29) is 11.0 Å². The van der Waals surface area contributed by atoms with Crippen molar-refractivity contribution in [3.63, 3.8) is 0 Å². The third kappa shape index (κ3) is 7.37. The number of sulfonamides is 1. The first-order valence-electron chi connectivity index (χ1n) is 13.2. The Balaban J connectivity index is 1.57. The number of nitrogens with zero attached hydrogens (tertiary/aromatic N) is 3. The molecule has 11 heteroatoms. The second-order valence-electron chi connectivity index (χ2n) is 9.96. The number of hydrogen-bond acceptors (Lipinski definition) is 9. The first-order valence-corrected chi connectivity index (χ1v) is 14.7. The van der Waals surface area contributed by atoms with Crippen LogP contribution in [0.25, 0.3) is 0 Å². The Morgan fingerprint density at radius 1 is 1.13 bits per heavy atom. The summed E-state index contributed by atoms with van der Waals surface area (Å²) in [5.41, 5.74) is 1.88. The van der Waals surface area contributed by atoms with Gasteiger partial charge in [0.05, 0.1) is 18.0 Å². The standard InChI is InChI=1S/C28H38N6O4S/c1-6-34-14-13-22(17-34)38-21-11-12-23(25(15-21)37-18-19(2)3)32-28-30-16-20(4)27(33-28)31-24-9-7-8-10-26(24)39(35,36)29-5/h7-12,15-16,19,22,29H,6,13-14,17-18H2,1-5H3,(H2,30,31,32,33). The van der Waals surface area contributed by atoms with Gasteiger partial charge in [-0.25, -0.2) is 18.1 Å². The molecule has 210 valence electrons. The molecule has 3 N–H and O–H groups in total. The summed E-state index contributed by atoms with van der Waals surface area (Å²) in [6.45, 7) is 11.7. The number of nitrogens with one attached hydrogen (secondary N) is 3. The van der Waals surface area contributed by atoms with Gasteiger partial charge in [0.1, 0.15) is 28.3 Å². The maximum atomic E-state index is 12.5. The van der Waals surface area contributed by atoms with Crippen LogP contribution in [0.5, 0.6) is 11.5 Å². The van der Waals surface area contributed by atoms with Crippen LogP contribution >= 0.6 is 0 Å². The maximum absolute atomic E-state index is 12.5. The summed E-state index contributed by atoms with van der Waals surface area (Å²) in [6.07, 6.45) is 2.84. The molecule has 0 aliphatic carbocycles. The molecule has 39 heavy (non-hydrogen) atoms. The number of benzene rings is 2. The van der Waals surface area contributed by atoms with E-state index in [1.807, 2.05) is 25.1 Å². The number of aromatic nitrogens is 2. The average molecular weight is 555 g/mol. The zero-order valence-electron chi connectivity index (χ0n) is 23.2. The average Bonchev–Trinajstić information content (AvgIpc) is 3.38. The van der Waals surface area contributed by atoms with Gasteiger partial charge < -0.3 is 20.1 Å². The molecule has 4 rings (SSSR count). The molecule has 1 atom stereocenters. The second kappa shape index (κ2) is 12.6. The molecule has 1 saturated heterocycles. The van der Waals surface area contributed by atoms with Gasteiger partial charge in [-0.05, 0) is 57.1 Å². The molecule has 2 heterocycles. The molecule has 1 fully saturated rings. The quantitative estimate of drug-likeness (QED) is 0.293. The summed E-state index contributed by atoms with van der Waals surface area (Å²) in [4.78, 5) is 11.6. The van der Waals surface area contributed by atoms with Crippen molar-refractivity contribution >= 4 is 33.2 Å². The van der Waals surface area contributed by atoms with Crippen LogP contribution in [0, 0.1) is 12.8 Å². The fraction of sp³-hybridized carbons (Fsp3) is 0.429. The van der Waals surface area contributed by atoms with Crippen LogP contribution in [0.3, 0.4) is 0 Å². The third-order valence-corrected chi connectivity index (χ3v) is 7.89. The van der Waals surface area contributed by atoms with E-state index in [2.05, 4.69) is 51.0 Å². The van der Waals surface area contributed by atoms with Crippen LogP contribution < -0.4 is 24.8 Å². The first kappa shape index (κ1) is 28.6. The van der Waals surface area contributed by atoms with Crippen molar-refractivity contribution < 1.29 is 17.9 Å². The topological polar surface area (TPSA) is 118 Å². The molecule has 0 saturated carbocycles. The highest BCUT2D eigenvalue weighted by molar-refractivity contribution is 7.89. The molecule has 0 spiro atoms. The summed E-state index contributed by atoms with van der Waals surface area (Å²) in [7, 11) is -2.28. The summed E-state index contributed by atoms with van der Waals surface area (Å²) < 4.78 is 39.8. The fourth-order valence-electron chi connectivity index (χ4n) is 4.22. The number of aryl methyl sites for hydroxylation is 1.